The molecular formula is C13H28IN3. The average molecular weight is 353 g/mol. The zero-order chi connectivity index (χ0) is 11.6. The number of guanidine groups is 1. The van der Waals surface area contributed by atoms with Gasteiger partial charge in [-0.3, -0.25) is 4.99 Å². The van der Waals surface area contributed by atoms with E-state index in [0.717, 1.165) is 19.0 Å². The number of hydrogen-bond acceptors (Lipinski definition) is 1. The first-order valence-corrected chi connectivity index (χ1v) is 6.86. The fourth-order valence-corrected chi connectivity index (χ4v) is 1.81. The number of nitrogens with one attached hydrogen (secondary N) is 1. The van der Waals surface area contributed by atoms with E-state index in [2.05, 4.69) is 17.2 Å². The minimum absolute atomic E-state index is 0. The van der Waals surface area contributed by atoms with Crippen molar-refractivity contribution in [1.29, 1.82) is 0 Å². The van der Waals surface area contributed by atoms with Gasteiger partial charge in [0.25, 0.3) is 0 Å². The fraction of sp³-hybridized carbons (Fsp3) is 0.923. The Bertz CT molecular complexity index is 203. The quantitative estimate of drug-likeness (QED) is 0.289. The zero-order valence-corrected chi connectivity index (χ0v) is 13.4. The molecule has 4 heteroatoms. The van der Waals surface area contributed by atoms with Crippen molar-refractivity contribution in [3.63, 3.8) is 0 Å². The van der Waals surface area contributed by atoms with Gasteiger partial charge in [0.15, 0.2) is 5.96 Å². The Hall–Kier alpha value is 0. The molecule has 102 valence electrons. The van der Waals surface area contributed by atoms with Gasteiger partial charge in [0.2, 0.25) is 0 Å². The molecule has 3 nitrogen and oxygen atoms in total. The molecule has 0 radical (unpaired) electrons. The van der Waals surface area contributed by atoms with Gasteiger partial charge in [0.1, 0.15) is 0 Å². The second-order valence-electron chi connectivity index (χ2n) is 4.84. The second kappa shape index (κ2) is 11.1. The minimum atomic E-state index is 0. The summed E-state index contributed by atoms with van der Waals surface area (Å²) in [5.74, 6) is 1.64. The second-order valence-corrected chi connectivity index (χ2v) is 4.84. The van der Waals surface area contributed by atoms with E-state index in [9.17, 15) is 0 Å². The molecule has 1 aliphatic carbocycles. The summed E-state index contributed by atoms with van der Waals surface area (Å²) in [5.41, 5.74) is 5.76. The summed E-state index contributed by atoms with van der Waals surface area (Å²) in [7, 11) is 0. The van der Waals surface area contributed by atoms with Gasteiger partial charge in [-0.1, -0.05) is 39.0 Å². The first-order chi connectivity index (χ1) is 7.83. The maximum absolute atomic E-state index is 5.76. The van der Waals surface area contributed by atoms with Gasteiger partial charge < -0.3 is 11.1 Å². The molecule has 0 spiro atoms. The maximum atomic E-state index is 5.76. The molecule has 1 aliphatic rings. The highest BCUT2D eigenvalue weighted by Gasteiger charge is 2.19. The van der Waals surface area contributed by atoms with Crippen LogP contribution in [0.5, 0.6) is 0 Å². The molecule has 0 aromatic heterocycles. The SMILES string of the molecule is CCCCCCNC(N)=NCCCC1CC1.I. The van der Waals surface area contributed by atoms with Gasteiger partial charge in [0, 0.05) is 13.1 Å². The number of aliphatic imine (C=N–C) groups is 1. The van der Waals surface area contributed by atoms with Crippen molar-refractivity contribution in [1.82, 2.24) is 5.32 Å². The third kappa shape index (κ3) is 10.9. The van der Waals surface area contributed by atoms with Crippen molar-refractivity contribution >= 4 is 29.9 Å². The smallest absolute Gasteiger partial charge is 0.188 e. The summed E-state index contributed by atoms with van der Waals surface area (Å²) >= 11 is 0. The van der Waals surface area contributed by atoms with E-state index < -0.39 is 0 Å². The molecule has 0 aromatic carbocycles. The van der Waals surface area contributed by atoms with E-state index in [0.29, 0.717) is 5.96 Å². The van der Waals surface area contributed by atoms with Crippen molar-refractivity contribution in [2.24, 2.45) is 16.6 Å². The highest BCUT2D eigenvalue weighted by molar-refractivity contribution is 14.0. The van der Waals surface area contributed by atoms with Crippen molar-refractivity contribution in [3.05, 3.63) is 0 Å². The summed E-state index contributed by atoms with van der Waals surface area (Å²) < 4.78 is 0. The average Bonchev–Trinajstić information content (AvgIpc) is 3.08. The molecule has 0 amide bonds. The number of rotatable bonds is 9. The van der Waals surface area contributed by atoms with E-state index in [1.54, 1.807) is 0 Å². The number of hydrogen-bond donors (Lipinski definition) is 2. The Morgan fingerprint density at radius 1 is 1.24 bits per heavy atom. The van der Waals surface area contributed by atoms with Crippen molar-refractivity contribution in [3.8, 4) is 0 Å². The molecule has 0 bridgehead atoms. The molecule has 0 saturated heterocycles. The topological polar surface area (TPSA) is 50.4 Å². The highest BCUT2D eigenvalue weighted by atomic mass is 127. The van der Waals surface area contributed by atoms with Crippen molar-refractivity contribution < 1.29 is 0 Å². The van der Waals surface area contributed by atoms with Crippen LogP contribution in [0, 0.1) is 5.92 Å². The zero-order valence-electron chi connectivity index (χ0n) is 11.1. The summed E-state index contributed by atoms with van der Waals surface area (Å²) in [6, 6.07) is 0. The van der Waals surface area contributed by atoms with Crippen LogP contribution in [-0.4, -0.2) is 19.0 Å². The lowest BCUT2D eigenvalue weighted by atomic mass is 10.2. The summed E-state index contributed by atoms with van der Waals surface area (Å²) in [6.45, 7) is 4.09. The Balaban J connectivity index is 0.00000256. The third-order valence-corrected chi connectivity index (χ3v) is 3.09. The third-order valence-electron chi connectivity index (χ3n) is 3.09. The Labute approximate surface area is 123 Å². The van der Waals surface area contributed by atoms with Gasteiger partial charge in [-0.15, -0.1) is 24.0 Å². The van der Waals surface area contributed by atoms with Crippen LogP contribution in [-0.2, 0) is 0 Å². The predicted molar refractivity (Wildman–Crippen MR) is 86.0 cm³/mol. The molecule has 0 unspecified atom stereocenters. The number of halogens is 1. The van der Waals surface area contributed by atoms with E-state index in [-0.39, 0.29) is 24.0 Å². The standard InChI is InChI=1S/C13H27N3.HI/c1-2-3-4-5-10-15-13(14)16-11-6-7-12-8-9-12;/h12H,2-11H2,1H3,(H3,14,15,16);1H. The molecular weight excluding hydrogens is 325 g/mol. The number of unbranched alkanes of at least 4 members (excludes halogenated alkanes) is 3. The molecule has 1 rings (SSSR count). The van der Waals surface area contributed by atoms with Crippen LogP contribution in [0.4, 0.5) is 0 Å². The lowest BCUT2D eigenvalue weighted by Gasteiger charge is -2.05. The van der Waals surface area contributed by atoms with Crippen molar-refractivity contribution in [2.75, 3.05) is 13.1 Å². The lowest BCUT2D eigenvalue weighted by Crippen LogP contribution is -2.32. The largest absolute Gasteiger partial charge is 0.370 e. The molecule has 0 heterocycles. The first kappa shape index (κ1) is 17.0. The van der Waals surface area contributed by atoms with Crippen molar-refractivity contribution in [2.45, 2.75) is 58.3 Å². The number of nitrogens with two attached hydrogens (primary N) is 1. The van der Waals surface area contributed by atoms with Gasteiger partial charge in [-0.2, -0.15) is 0 Å². The van der Waals surface area contributed by atoms with Crippen LogP contribution in [0.3, 0.4) is 0 Å². The Morgan fingerprint density at radius 3 is 2.65 bits per heavy atom. The van der Waals surface area contributed by atoms with Crippen LogP contribution in [0.15, 0.2) is 4.99 Å². The Morgan fingerprint density at radius 2 is 2.00 bits per heavy atom. The Kier molecular flexibility index (Phi) is 11.1. The van der Waals surface area contributed by atoms with Crippen LogP contribution < -0.4 is 11.1 Å². The molecule has 0 atom stereocenters. The van der Waals surface area contributed by atoms with Gasteiger partial charge in [0.05, 0.1) is 0 Å². The van der Waals surface area contributed by atoms with E-state index in [4.69, 9.17) is 5.73 Å². The fourth-order valence-electron chi connectivity index (χ4n) is 1.81. The molecule has 0 aliphatic heterocycles. The first-order valence-electron chi connectivity index (χ1n) is 6.86. The normalized spacial score (nSPS) is 15.5. The van der Waals surface area contributed by atoms with Gasteiger partial charge in [-0.05, 0) is 25.2 Å². The van der Waals surface area contributed by atoms with Crippen LogP contribution in [0.25, 0.3) is 0 Å². The van der Waals surface area contributed by atoms with E-state index >= 15 is 0 Å². The minimum Gasteiger partial charge on any atom is -0.370 e. The molecule has 1 saturated carbocycles. The molecule has 17 heavy (non-hydrogen) atoms. The van der Waals surface area contributed by atoms with Gasteiger partial charge >= 0.3 is 0 Å². The van der Waals surface area contributed by atoms with Crippen LogP contribution in [0.2, 0.25) is 0 Å². The number of nitrogens with zero attached hydrogens (tertiary/aromatic N) is 1. The highest BCUT2D eigenvalue weighted by Crippen LogP contribution is 2.33. The van der Waals surface area contributed by atoms with Crippen LogP contribution in [0.1, 0.15) is 58.3 Å². The monoisotopic (exact) mass is 353 g/mol. The van der Waals surface area contributed by atoms with E-state index in [1.807, 2.05) is 0 Å². The lowest BCUT2D eigenvalue weighted by molar-refractivity contribution is 0.648. The summed E-state index contributed by atoms with van der Waals surface area (Å²) in [4.78, 5) is 4.33. The molecule has 3 N–H and O–H groups in total. The maximum Gasteiger partial charge on any atom is 0.188 e. The van der Waals surface area contributed by atoms with Crippen LogP contribution >= 0.6 is 24.0 Å². The molecule has 0 aromatic rings. The summed E-state index contributed by atoms with van der Waals surface area (Å²) in [6.07, 6.45) is 10.5. The van der Waals surface area contributed by atoms with Gasteiger partial charge in [-0.25, -0.2) is 0 Å². The van der Waals surface area contributed by atoms with E-state index in [1.165, 1.54) is 51.4 Å². The summed E-state index contributed by atoms with van der Waals surface area (Å²) in [5, 5.41) is 3.17. The molecule has 1 fully saturated rings. The predicted octanol–water partition coefficient (Wildman–Crippen LogP) is 3.28.